The first-order valence-electron chi connectivity index (χ1n) is 7.38. The van der Waals surface area contributed by atoms with Crippen LogP contribution in [0.25, 0.3) is 0 Å². The maximum Gasteiger partial charge on any atom is 0.220 e. The van der Waals surface area contributed by atoms with Crippen molar-refractivity contribution >= 4 is 40.0 Å². The molecule has 9 nitrogen and oxygen atoms in total. The minimum atomic E-state index is -3.38. The number of nitrogens with one attached hydrogen (secondary N) is 1. The molecular weight excluding hydrogens is 449 g/mol. The maximum absolute atomic E-state index is 12.4. The second-order valence-electron chi connectivity index (χ2n) is 5.10. The standard InChI is InChI=1S/C13H23N5O4S.HI/c1-14-13(15-4-10-21-2)17-5-7-18(8-6-17)23(19,20)11-12-3-9-22-16-12;/h3,9H,4-8,10-11H2,1-2H3,(H,14,15);1H. The summed E-state index contributed by atoms with van der Waals surface area (Å²) in [5, 5.41) is 6.85. The number of methoxy groups -OCH3 is 1. The van der Waals surface area contributed by atoms with Crippen LogP contribution in [-0.2, 0) is 20.5 Å². The lowest BCUT2D eigenvalue weighted by atomic mass is 10.4. The molecule has 1 aromatic heterocycles. The Balaban J connectivity index is 0.00000288. The summed E-state index contributed by atoms with van der Waals surface area (Å²) in [6, 6.07) is 1.56. The van der Waals surface area contributed by atoms with Crippen molar-refractivity contribution in [1.82, 2.24) is 19.7 Å². The van der Waals surface area contributed by atoms with Crippen molar-refractivity contribution in [2.24, 2.45) is 4.99 Å². The van der Waals surface area contributed by atoms with Gasteiger partial charge in [-0.25, -0.2) is 8.42 Å². The number of rotatable bonds is 6. The van der Waals surface area contributed by atoms with E-state index in [-0.39, 0.29) is 29.7 Å². The molecule has 1 aromatic rings. The number of ether oxygens (including phenoxy) is 1. The third-order valence-electron chi connectivity index (χ3n) is 3.55. The lowest BCUT2D eigenvalue weighted by Gasteiger charge is -2.35. The summed E-state index contributed by atoms with van der Waals surface area (Å²) in [6.45, 7) is 3.27. The van der Waals surface area contributed by atoms with Crippen LogP contribution < -0.4 is 5.32 Å². The molecule has 0 aliphatic carbocycles. The molecule has 1 aliphatic rings. The summed E-state index contributed by atoms with van der Waals surface area (Å²) < 4.78 is 35.9. The monoisotopic (exact) mass is 473 g/mol. The van der Waals surface area contributed by atoms with Crippen molar-refractivity contribution in [1.29, 1.82) is 0 Å². The fourth-order valence-electron chi connectivity index (χ4n) is 2.37. The number of sulfonamides is 1. The van der Waals surface area contributed by atoms with Crippen molar-refractivity contribution in [3.8, 4) is 0 Å². The SMILES string of the molecule is CN=C(NCCOC)N1CCN(S(=O)(=O)Cc2ccon2)CC1.I. The predicted molar refractivity (Wildman–Crippen MR) is 101 cm³/mol. The molecule has 11 heteroatoms. The topological polar surface area (TPSA) is 100 Å². The second-order valence-corrected chi connectivity index (χ2v) is 7.07. The van der Waals surface area contributed by atoms with Gasteiger partial charge in [0.15, 0.2) is 5.96 Å². The van der Waals surface area contributed by atoms with Gasteiger partial charge < -0.3 is 19.5 Å². The Kier molecular flexibility index (Phi) is 8.94. The van der Waals surface area contributed by atoms with Crippen LogP contribution >= 0.6 is 24.0 Å². The fraction of sp³-hybridized carbons (Fsp3) is 0.692. The molecule has 1 aliphatic heterocycles. The Labute approximate surface area is 159 Å². The molecule has 2 heterocycles. The smallest absolute Gasteiger partial charge is 0.220 e. The zero-order valence-electron chi connectivity index (χ0n) is 13.8. The fourth-order valence-corrected chi connectivity index (χ4v) is 3.79. The van der Waals surface area contributed by atoms with E-state index in [0.717, 1.165) is 5.96 Å². The van der Waals surface area contributed by atoms with Gasteiger partial charge in [0.25, 0.3) is 0 Å². The quantitative estimate of drug-likeness (QED) is 0.268. The Morgan fingerprint density at radius 1 is 1.42 bits per heavy atom. The van der Waals surface area contributed by atoms with E-state index in [2.05, 4.69) is 20.0 Å². The highest BCUT2D eigenvalue weighted by Gasteiger charge is 2.28. The van der Waals surface area contributed by atoms with Gasteiger partial charge in [-0.3, -0.25) is 4.99 Å². The minimum Gasteiger partial charge on any atom is -0.383 e. The first-order chi connectivity index (χ1) is 11.1. The molecule has 0 atom stereocenters. The highest BCUT2D eigenvalue weighted by molar-refractivity contribution is 14.0. The van der Waals surface area contributed by atoms with Gasteiger partial charge in [0.05, 0.1) is 12.3 Å². The van der Waals surface area contributed by atoms with Gasteiger partial charge in [-0.1, -0.05) is 5.16 Å². The normalized spacial score (nSPS) is 16.8. The third kappa shape index (κ3) is 5.86. The first kappa shape index (κ1) is 21.1. The zero-order valence-corrected chi connectivity index (χ0v) is 17.0. The molecule has 2 rings (SSSR count). The van der Waals surface area contributed by atoms with Gasteiger partial charge in [-0.2, -0.15) is 4.31 Å². The van der Waals surface area contributed by atoms with Crippen molar-refractivity contribution in [2.75, 3.05) is 53.5 Å². The average Bonchev–Trinajstić information content (AvgIpc) is 3.04. The summed E-state index contributed by atoms with van der Waals surface area (Å²) in [5.74, 6) is 0.625. The Morgan fingerprint density at radius 2 is 2.12 bits per heavy atom. The van der Waals surface area contributed by atoms with Crippen LogP contribution in [0.4, 0.5) is 0 Å². The highest BCUT2D eigenvalue weighted by atomic mass is 127. The van der Waals surface area contributed by atoms with Gasteiger partial charge in [-0.05, 0) is 0 Å². The van der Waals surface area contributed by atoms with Gasteiger partial charge in [-0.15, -0.1) is 24.0 Å². The number of aromatic nitrogens is 1. The van der Waals surface area contributed by atoms with Gasteiger partial charge in [0.1, 0.15) is 12.0 Å². The van der Waals surface area contributed by atoms with Crippen LogP contribution in [0.5, 0.6) is 0 Å². The van der Waals surface area contributed by atoms with Crippen LogP contribution in [0.3, 0.4) is 0 Å². The summed E-state index contributed by atoms with van der Waals surface area (Å²) in [5.41, 5.74) is 0.421. The van der Waals surface area contributed by atoms with Crippen molar-refractivity contribution < 1.29 is 17.7 Å². The molecule has 1 N–H and O–H groups in total. The largest absolute Gasteiger partial charge is 0.383 e. The summed E-state index contributed by atoms with van der Waals surface area (Å²) >= 11 is 0. The molecular formula is C13H24IN5O4S. The number of aliphatic imine (C=N–C) groups is 1. The number of piperazine rings is 1. The molecule has 0 bridgehead atoms. The van der Waals surface area contributed by atoms with Gasteiger partial charge in [0.2, 0.25) is 10.0 Å². The van der Waals surface area contributed by atoms with Crippen LogP contribution in [0, 0.1) is 0 Å². The van der Waals surface area contributed by atoms with E-state index in [4.69, 9.17) is 4.74 Å². The van der Waals surface area contributed by atoms with E-state index in [1.807, 2.05) is 4.90 Å². The van der Waals surface area contributed by atoms with E-state index < -0.39 is 10.0 Å². The molecule has 1 fully saturated rings. The van der Waals surface area contributed by atoms with Crippen LogP contribution in [0.15, 0.2) is 21.8 Å². The van der Waals surface area contributed by atoms with E-state index in [1.165, 1.54) is 10.6 Å². The number of hydrogen-bond acceptors (Lipinski definition) is 6. The third-order valence-corrected chi connectivity index (χ3v) is 5.37. The van der Waals surface area contributed by atoms with Crippen molar-refractivity contribution in [3.05, 3.63) is 18.0 Å². The molecule has 138 valence electrons. The first-order valence-corrected chi connectivity index (χ1v) is 8.99. The minimum absolute atomic E-state index is 0. The van der Waals surface area contributed by atoms with Gasteiger partial charge >= 0.3 is 0 Å². The maximum atomic E-state index is 12.4. The van der Waals surface area contributed by atoms with E-state index in [0.29, 0.717) is 45.0 Å². The van der Waals surface area contributed by atoms with Crippen molar-refractivity contribution in [3.63, 3.8) is 0 Å². The molecule has 1 saturated heterocycles. The molecule has 0 spiro atoms. The Morgan fingerprint density at radius 3 is 2.67 bits per heavy atom. The molecule has 0 amide bonds. The lowest BCUT2D eigenvalue weighted by Crippen LogP contribution is -2.54. The lowest BCUT2D eigenvalue weighted by molar-refractivity contribution is 0.201. The summed E-state index contributed by atoms with van der Waals surface area (Å²) in [7, 11) is -0.0262. The van der Waals surface area contributed by atoms with E-state index in [1.54, 1.807) is 20.2 Å². The van der Waals surface area contributed by atoms with E-state index >= 15 is 0 Å². The zero-order chi connectivity index (χ0) is 16.7. The van der Waals surface area contributed by atoms with Crippen molar-refractivity contribution in [2.45, 2.75) is 5.75 Å². The van der Waals surface area contributed by atoms with Crippen LogP contribution in [-0.4, -0.2) is 82.2 Å². The molecule has 24 heavy (non-hydrogen) atoms. The van der Waals surface area contributed by atoms with Crippen LogP contribution in [0.1, 0.15) is 5.69 Å². The molecule has 0 unspecified atom stereocenters. The summed E-state index contributed by atoms with van der Waals surface area (Å²) in [6.07, 6.45) is 1.37. The highest BCUT2D eigenvalue weighted by Crippen LogP contribution is 2.12. The number of nitrogens with zero attached hydrogens (tertiary/aromatic N) is 4. The number of guanidine groups is 1. The summed E-state index contributed by atoms with van der Waals surface area (Å²) in [4.78, 5) is 6.26. The Bertz CT molecular complexity index is 600. The number of hydrogen-bond donors (Lipinski definition) is 1. The molecule has 0 saturated carbocycles. The predicted octanol–water partition coefficient (Wildman–Crippen LogP) is -0.0382. The molecule has 0 radical (unpaired) electrons. The average molecular weight is 473 g/mol. The van der Waals surface area contributed by atoms with E-state index in [9.17, 15) is 8.42 Å². The van der Waals surface area contributed by atoms with Crippen LogP contribution in [0.2, 0.25) is 0 Å². The Hall–Kier alpha value is -0.920. The molecule has 0 aromatic carbocycles. The second kappa shape index (κ2) is 10.2. The number of halogens is 1. The van der Waals surface area contributed by atoms with Gasteiger partial charge in [0, 0.05) is 52.9 Å².